The Bertz CT molecular complexity index is 851. The summed E-state index contributed by atoms with van der Waals surface area (Å²) in [6.45, 7) is 6.06. The van der Waals surface area contributed by atoms with Crippen LogP contribution in [0.4, 0.5) is 0 Å². The van der Waals surface area contributed by atoms with Gasteiger partial charge in [-0.1, -0.05) is 25.1 Å². The zero-order chi connectivity index (χ0) is 21.4. The van der Waals surface area contributed by atoms with Crippen molar-refractivity contribution >= 4 is 11.8 Å². The summed E-state index contributed by atoms with van der Waals surface area (Å²) >= 11 is 0. The molecule has 6 heteroatoms. The van der Waals surface area contributed by atoms with E-state index in [1.54, 1.807) is 19.1 Å². The summed E-state index contributed by atoms with van der Waals surface area (Å²) in [4.78, 5) is 27.0. The zero-order valence-electron chi connectivity index (χ0n) is 17.8. The van der Waals surface area contributed by atoms with Crippen LogP contribution in [0.2, 0.25) is 0 Å². The van der Waals surface area contributed by atoms with Crippen LogP contribution in [0.3, 0.4) is 0 Å². The summed E-state index contributed by atoms with van der Waals surface area (Å²) in [5.41, 5.74) is 3.14. The highest BCUT2D eigenvalue weighted by molar-refractivity contribution is 5.88. The average Bonchev–Trinajstić information content (AvgIpc) is 2.74. The van der Waals surface area contributed by atoms with Gasteiger partial charge in [0.25, 0.3) is 5.91 Å². The molecule has 156 valence electrons. The Morgan fingerprint density at radius 1 is 1.07 bits per heavy atom. The Balaban J connectivity index is 2.21. The predicted molar refractivity (Wildman–Crippen MR) is 113 cm³/mol. The third kappa shape index (κ3) is 5.98. The SMILES string of the molecule is CC[C@@H](C(=O)NC)N(Cc1cccc(OC)c1)C(=O)COc1ccc(C)c(C)c1. The van der Waals surface area contributed by atoms with Crippen LogP contribution in [0.15, 0.2) is 42.5 Å². The second-order valence-electron chi connectivity index (χ2n) is 6.95. The van der Waals surface area contributed by atoms with E-state index in [9.17, 15) is 9.59 Å². The van der Waals surface area contributed by atoms with E-state index in [-0.39, 0.29) is 25.0 Å². The van der Waals surface area contributed by atoms with Gasteiger partial charge in [-0.25, -0.2) is 0 Å². The molecule has 0 aromatic heterocycles. The lowest BCUT2D eigenvalue weighted by Gasteiger charge is -2.30. The fourth-order valence-corrected chi connectivity index (χ4v) is 3.09. The molecule has 6 nitrogen and oxygen atoms in total. The number of aryl methyl sites for hydroxylation is 2. The minimum atomic E-state index is -0.581. The average molecular weight is 399 g/mol. The van der Waals surface area contributed by atoms with Crippen molar-refractivity contribution in [2.45, 2.75) is 39.8 Å². The minimum Gasteiger partial charge on any atom is -0.497 e. The van der Waals surface area contributed by atoms with Crippen LogP contribution in [0.5, 0.6) is 11.5 Å². The van der Waals surface area contributed by atoms with Crippen LogP contribution >= 0.6 is 0 Å². The van der Waals surface area contributed by atoms with Crippen LogP contribution in [0, 0.1) is 13.8 Å². The quantitative estimate of drug-likeness (QED) is 0.704. The summed E-state index contributed by atoms with van der Waals surface area (Å²) in [5.74, 6) is 0.890. The monoisotopic (exact) mass is 398 g/mol. The highest BCUT2D eigenvalue weighted by Crippen LogP contribution is 2.19. The van der Waals surface area contributed by atoms with E-state index >= 15 is 0 Å². The molecular formula is C23H30N2O4. The lowest BCUT2D eigenvalue weighted by Crippen LogP contribution is -2.49. The van der Waals surface area contributed by atoms with E-state index in [0.29, 0.717) is 17.9 Å². The Morgan fingerprint density at radius 2 is 1.83 bits per heavy atom. The fraction of sp³-hybridized carbons (Fsp3) is 0.391. The van der Waals surface area contributed by atoms with E-state index in [4.69, 9.17) is 9.47 Å². The number of nitrogens with zero attached hydrogens (tertiary/aromatic N) is 1. The second kappa shape index (κ2) is 10.5. The Kier molecular flexibility index (Phi) is 8.07. The van der Waals surface area contributed by atoms with Gasteiger partial charge in [0.1, 0.15) is 17.5 Å². The van der Waals surface area contributed by atoms with Crippen molar-refractivity contribution in [2.24, 2.45) is 0 Å². The first-order valence-corrected chi connectivity index (χ1v) is 9.73. The molecule has 0 spiro atoms. The highest BCUT2D eigenvalue weighted by atomic mass is 16.5. The first-order chi connectivity index (χ1) is 13.9. The van der Waals surface area contributed by atoms with Crippen LogP contribution < -0.4 is 14.8 Å². The van der Waals surface area contributed by atoms with E-state index in [0.717, 1.165) is 16.7 Å². The Labute approximate surface area is 172 Å². The summed E-state index contributed by atoms with van der Waals surface area (Å²) in [6.07, 6.45) is 0.499. The molecule has 1 atom stereocenters. The van der Waals surface area contributed by atoms with Crippen molar-refractivity contribution in [1.29, 1.82) is 0 Å². The number of ether oxygens (including phenoxy) is 2. The van der Waals surface area contributed by atoms with Gasteiger partial charge in [0, 0.05) is 13.6 Å². The molecule has 2 aromatic rings. The largest absolute Gasteiger partial charge is 0.497 e. The standard InChI is InChI=1S/C23H30N2O4/c1-6-21(23(27)24-4)25(14-18-8-7-9-19(13-18)28-5)22(26)15-29-20-11-10-16(2)17(3)12-20/h7-13,21H,6,14-15H2,1-5H3,(H,24,27)/t21-/m0/s1. The number of carbonyl (C=O) groups excluding carboxylic acids is 2. The number of likely N-dealkylation sites (N-methyl/N-ethyl adjacent to an activating group) is 1. The number of hydrogen-bond donors (Lipinski definition) is 1. The lowest BCUT2D eigenvalue weighted by molar-refractivity contribution is -0.142. The molecule has 0 saturated heterocycles. The summed E-state index contributed by atoms with van der Waals surface area (Å²) < 4.78 is 11.0. The molecule has 0 radical (unpaired) electrons. The van der Waals surface area contributed by atoms with Gasteiger partial charge in [0.05, 0.1) is 7.11 Å². The maximum Gasteiger partial charge on any atom is 0.261 e. The molecule has 0 saturated carbocycles. The molecule has 2 aromatic carbocycles. The van der Waals surface area contributed by atoms with Gasteiger partial charge in [0.15, 0.2) is 6.61 Å². The van der Waals surface area contributed by atoms with Crippen molar-refractivity contribution in [3.63, 3.8) is 0 Å². The molecule has 29 heavy (non-hydrogen) atoms. The van der Waals surface area contributed by atoms with Crippen LogP contribution in [0.1, 0.15) is 30.0 Å². The highest BCUT2D eigenvalue weighted by Gasteiger charge is 2.28. The number of benzene rings is 2. The molecule has 2 rings (SSSR count). The number of amides is 2. The number of rotatable bonds is 9. The molecular weight excluding hydrogens is 368 g/mol. The molecule has 0 aliphatic carbocycles. The number of nitrogens with one attached hydrogen (secondary N) is 1. The molecule has 2 amide bonds. The number of methoxy groups -OCH3 is 1. The van der Waals surface area contributed by atoms with E-state index in [1.807, 2.05) is 63.2 Å². The van der Waals surface area contributed by atoms with Gasteiger partial charge in [-0.2, -0.15) is 0 Å². The van der Waals surface area contributed by atoms with E-state index in [2.05, 4.69) is 5.32 Å². The zero-order valence-corrected chi connectivity index (χ0v) is 17.8. The van der Waals surface area contributed by atoms with Crippen LogP contribution in [0.25, 0.3) is 0 Å². The number of hydrogen-bond acceptors (Lipinski definition) is 4. The second-order valence-corrected chi connectivity index (χ2v) is 6.95. The van der Waals surface area contributed by atoms with E-state index < -0.39 is 6.04 Å². The van der Waals surface area contributed by atoms with Gasteiger partial charge >= 0.3 is 0 Å². The molecule has 1 N–H and O–H groups in total. The number of carbonyl (C=O) groups is 2. The molecule has 0 aliphatic rings. The lowest BCUT2D eigenvalue weighted by atomic mass is 10.1. The molecule has 0 aliphatic heterocycles. The van der Waals surface area contributed by atoms with Gasteiger partial charge in [-0.15, -0.1) is 0 Å². The van der Waals surface area contributed by atoms with Crippen molar-refractivity contribution in [3.05, 3.63) is 59.2 Å². The smallest absolute Gasteiger partial charge is 0.261 e. The first kappa shape index (κ1) is 22.3. The predicted octanol–water partition coefficient (Wildman–Crippen LogP) is 3.24. The Morgan fingerprint density at radius 3 is 2.45 bits per heavy atom. The topological polar surface area (TPSA) is 67.9 Å². The maximum atomic E-state index is 13.0. The van der Waals surface area contributed by atoms with Gasteiger partial charge < -0.3 is 19.7 Å². The van der Waals surface area contributed by atoms with Gasteiger partial charge in [-0.05, 0) is 61.2 Å². The van der Waals surface area contributed by atoms with Gasteiger partial charge in [0.2, 0.25) is 5.91 Å². The van der Waals surface area contributed by atoms with Crippen LogP contribution in [-0.2, 0) is 16.1 Å². The third-order valence-electron chi connectivity index (χ3n) is 4.96. The Hall–Kier alpha value is -3.02. The normalized spacial score (nSPS) is 11.5. The third-order valence-corrected chi connectivity index (χ3v) is 4.96. The molecule has 0 unspecified atom stereocenters. The minimum absolute atomic E-state index is 0.139. The van der Waals surface area contributed by atoms with Gasteiger partial charge in [-0.3, -0.25) is 9.59 Å². The maximum absolute atomic E-state index is 13.0. The first-order valence-electron chi connectivity index (χ1n) is 9.73. The molecule has 0 heterocycles. The van der Waals surface area contributed by atoms with Crippen molar-refractivity contribution in [1.82, 2.24) is 10.2 Å². The summed E-state index contributed by atoms with van der Waals surface area (Å²) in [5, 5.41) is 2.65. The van der Waals surface area contributed by atoms with E-state index in [1.165, 1.54) is 0 Å². The van der Waals surface area contributed by atoms with Crippen molar-refractivity contribution < 1.29 is 19.1 Å². The fourth-order valence-electron chi connectivity index (χ4n) is 3.09. The molecule has 0 fully saturated rings. The van der Waals surface area contributed by atoms with Crippen LogP contribution in [-0.4, -0.2) is 43.5 Å². The van der Waals surface area contributed by atoms with Crippen molar-refractivity contribution in [3.8, 4) is 11.5 Å². The summed E-state index contributed by atoms with van der Waals surface area (Å²) in [7, 11) is 3.17. The van der Waals surface area contributed by atoms with Crippen molar-refractivity contribution in [2.75, 3.05) is 20.8 Å². The molecule has 0 bridgehead atoms. The summed E-state index contributed by atoms with van der Waals surface area (Å²) in [6, 6.07) is 12.6.